The van der Waals surface area contributed by atoms with Gasteiger partial charge in [0.05, 0.1) is 16.8 Å². The van der Waals surface area contributed by atoms with Crippen molar-refractivity contribution in [2.45, 2.75) is 6.92 Å². The lowest BCUT2D eigenvalue weighted by Gasteiger charge is -2.12. The van der Waals surface area contributed by atoms with Crippen LogP contribution >= 0.6 is 12.4 Å². The zero-order valence-corrected chi connectivity index (χ0v) is 12.9. The minimum absolute atomic E-state index is 0. The predicted molar refractivity (Wildman–Crippen MR) is 88.1 cm³/mol. The van der Waals surface area contributed by atoms with E-state index >= 15 is 0 Å². The molecule has 1 aromatic heterocycles. The topological polar surface area (TPSA) is 48.7 Å². The van der Waals surface area contributed by atoms with Crippen molar-refractivity contribution in [1.82, 2.24) is 4.98 Å². The maximum absolute atomic E-state index is 13.7. The first-order chi connectivity index (χ1) is 10.6. The minimum atomic E-state index is -0.428. The molecule has 0 amide bonds. The molecule has 116 valence electrons. The summed E-state index contributed by atoms with van der Waals surface area (Å²) in [6, 6.07) is 10.8. The first kappa shape index (κ1) is 16.7. The summed E-state index contributed by atoms with van der Waals surface area (Å²) in [5, 5.41) is 12.7. The number of hydrogen-bond acceptors (Lipinski definition) is 3. The van der Waals surface area contributed by atoms with Gasteiger partial charge in [0.15, 0.2) is 0 Å². The molecule has 0 unspecified atom stereocenters. The molecule has 23 heavy (non-hydrogen) atoms. The number of aromatic nitrogens is 1. The molecular weight excluding hydrogens is 320 g/mol. The Hall–Kier alpha value is -2.71. The molecule has 1 N–H and O–H groups in total. The van der Waals surface area contributed by atoms with Crippen LogP contribution in [0, 0.1) is 29.9 Å². The van der Waals surface area contributed by atoms with Crippen LogP contribution in [0.3, 0.4) is 0 Å². The summed E-state index contributed by atoms with van der Waals surface area (Å²) in [5.41, 5.74) is 2.23. The number of hydrogen-bond donors (Lipinski definition) is 1. The third kappa shape index (κ3) is 3.22. The third-order valence-corrected chi connectivity index (χ3v) is 3.39. The van der Waals surface area contributed by atoms with Gasteiger partial charge >= 0.3 is 0 Å². The van der Waals surface area contributed by atoms with Crippen molar-refractivity contribution in [2.24, 2.45) is 0 Å². The van der Waals surface area contributed by atoms with E-state index in [1.54, 1.807) is 19.1 Å². The number of aryl methyl sites for hydroxylation is 1. The summed E-state index contributed by atoms with van der Waals surface area (Å²) in [5.74, 6) is -0.782. The van der Waals surface area contributed by atoms with Crippen LogP contribution in [0.5, 0.6) is 0 Å². The van der Waals surface area contributed by atoms with Gasteiger partial charge in [-0.05, 0) is 42.8 Å². The lowest BCUT2D eigenvalue weighted by Crippen LogP contribution is -1.98. The van der Waals surface area contributed by atoms with Crippen molar-refractivity contribution in [3.63, 3.8) is 0 Å². The monoisotopic (exact) mass is 331 g/mol. The van der Waals surface area contributed by atoms with Crippen LogP contribution in [0.15, 0.2) is 42.6 Å². The Balaban J connectivity index is 0.00000192. The zero-order valence-electron chi connectivity index (χ0n) is 12.1. The Labute approximate surface area is 138 Å². The number of anilines is 2. The molecule has 0 aliphatic rings. The van der Waals surface area contributed by atoms with E-state index in [-0.39, 0.29) is 23.8 Å². The van der Waals surface area contributed by atoms with Gasteiger partial charge in [-0.1, -0.05) is 6.07 Å². The lowest BCUT2D eigenvalue weighted by atomic mass is 10.1. The minimum Gasteiger partial charge on any atom is -0.354 e. The van der Waals surface area contributed by atoms with Gasteiger partial charge < -0.3 is 5.32 Å². The molecule has 3 nitrogen and oxygen atoms in total. The molecule has 0 aliphatic carbocycles. The van der Waals surface area contributed by atoms with E-state index in [1.165, 1.54) is 30.5 Å². The van der Waals surface area contributed by atoms with Gasteiger partial charge in [0.25, 0.3) is 0 Å². The molecule has 0 saturated carbocycles. The van der Waals surface area contributed by atoms with E-state index in [9.17, 15) is 14.0 Å². The van der Waals surface area contributed by atoms with Crippen LogP contribution in [0.25, 0.3) is 10.9 Å². The fourth-order valence-corrected chi connectivity index (χ4v) is 2.20. The summed E-state index contributed by atoms with van der Waals surface area (Å²) < 4.78 is 27.2. The van der Waals surface area contributed by atoms with Crippen molar-refractivity contribution in [2.75, 3.05) is 5.32 Å². The second-order valence-corrected chi connectivity index (χ2v) is 4.91. The number of pyridine rings is 1. The summed E-state index contributed by atoms with van der Waals surface area (Å²) in [7, 11) is 0. The van der Waals surface area contributed by atoms with Crippen LogP contribution in [0.1, 0.15) is 11.1 Å². The number of rotatable bonds is 2. The lowest BCUT2D eigenvalue weighted by molar-refractivity contribution is 0.619. The number of nitriles is 1. The SMILES string of the molecule is Cc1ccc(Nc2c(C#N)cnc3ccc(F)cc23)cc1F.Cl. The molecule has 3 rings (SSSR count). The van der Waals surface area contributed by atoms with Crippen molar-refractivity contribution >= 4 is 34.7 Å². The Kier molecular flexibility index (Phi) is 4.77. The highest BCUT2D eigenvalue weighted by molar-refractivity contribution is 5.95. The van der Waals surface area contributed by atoms with E-state index in [0.717, 1.165) is 0 Å². The Morgan fingerprint density at radius 1 is 1.13 bits per heavy atom. The van der Waals surface area contributed by atoms with Gasteiger partial charge in [-0.15, -0.1) is 12.4 Å². The van der Waals surface area contributed by atoms with Gasteiger partial charge in [0.2, 0.25) is 0 Å². The molecule has 6 heteroatoms. The Morgan fingerprint density at radius 2 is 1.91 bits per heavy atom. The zero-order chi connectivity index (χ0) is 15.7. The van der Waals surface area contributed by atoms with E-state index in [2.05, 4.69) is 10.3 Å². The normalized spacial score (nSPS) is 10.0. The second kappa shape index (κ2) is 6.59. The van der Waals surface area contributed by atoms with Crippen molar-refractivity contribution < 1.29 is 8.78 Å². The molecular formula is C17H12ClF2N3. The highest BCUT2D eigenvalue weighted by atomic mass is 35.5. The van der Waals surface area contributed by atoms with Gasteiger partial charge in [-0.2, -0.15) is 5.26 Å². The van der Waals surface area contributed by atoms with Crippen LogP contribution < -0.4 is 5.32 Å². The maximum Gasteiger partial charge on any atom is 0.128 e. The second-order valence-electron chi connectivity index (χ2n) is 4.91. The van der Waals surface area contributed by atoms with Crippen LogP contribution in [0.2, 0.25) is 0 Å². The van der Waals surface area contributed by atoms with E-state index in [4.69, 9.17) is 0 Å². The van der Waals surface area contributed by atoms with E-state index in [1.807, 2.05) is 6.07 Å². The number of fused-ring (bicyclic) bond motifs is 1. The molecule has 0 spiro atoms. The first-order valence-electron chi connectivity index (χ1n) is 6.60. The molecule has 1 heterocycles. The smallest absolute Gasteiger partial charge is 0.128 e. The standard InChI is InChI=1S/C17H11F2N3.ClH/c1-10-2-4-13(7-15(10)19)22-17-11(8-20)9-21-16-5-3-12(18)6-14(16)17;/h2-7,9H,1H3,(H,21,22);1H. The number of nitrogens with one attached hydrogen (secondary N) is 1. The van der Waals surface area contributed by atoms with Crippen molar-refractivity contribution in [3.8, 4) is 6.07 Å². The van der Waals surface area contributed by atoms with Gasteiger partial charge in [0.1, 0.15) is 17.7 Å². The molecule has 3 aromatic rings. The summed E-state index contributed by atoms with van der Waals surface area (Å²) in [6.45, 7) is 1.66. The fraction of sp³-hybridized carbons (Fsp3) is 0.0588. The largest absolute Gasteiger partial charge is 0.354 e. The number of nitrogens with zero attached hydrogens (tertiary/aromatic N) is 2. The molecule has 0 atom stereocenters. The molecule has 0 saturated heterocycles. The Bertz CT molecular complexity index is 920. The summed E-state index contributed by atoms with van der Waals surface area (Å²) >= 11 is 0. The van der Waals surface area contributed by atoms with E-state index < -0.39 is 5.82 Å². The molecule has 0 fully saturated rings. The fourth-order valence-electron chi connectivity index (χ4n) is 2.20. The number of benzene rings is 2. The van der Waals surface area contributed by atoms with Gasteiger partial charge in [0, 0.05) is 17.3 Å². The molecule has 2 aromatic carbocycles. The number of halogens is 3. The highest BCUT2D eigenvalue weighted by Gasteiger charge is 2.11. The van der Waals surface area contributed by atoms with Crippen LogP contribution in [-0.4, -0.2) is 4.98 Å². The molecule has 0 radical (unpaired) electrons. The van der Waals surface area contributed by atoms with E-state index in [0.29, 0.717) is 27.8 Å². The third-order valence-electron chi connectivity index (χ3n) is 3.39. The highest BCUT2D eigenvalue weighted by Crippen LogP contribution is 2.29. The quantitative estimate of drug-likeness (QED) is 0.729. The van der Waals surface area contributed by atoms with Crippen molar-refractivity contribution in [1.29, 1.82) is 5.26 Å². The van der Waals surface area contributed by atoms with Gasteiger partial charge in [-0.25, -0.2) is 8.78 Å². The molecule has 0 bridgehead atoms. The maximum atomic E-state index is 13.7. The molecule has 0 aliphatic heterocycles. The van der Waals surface area contributed by atoms with Crippen molar-refractivity contribution in [3.05, 3.63) is 65.4 Å². The Morgan fingerprint density at radius 3 is 2.61 bits per heavy atom. The van der Waals surface area contributed by atoms with Gasteiger partial charge in [-0.3, -0.25) is 4.98 Å². The average Bonchev–Trinajstić information content (AvgIpc) is 2.51. The summed E-state index contributed by atoms with van der Waals surface area (Å²) in [4.78, 5) is 4.12. The predicted octanol–water partition coefficient (Wildman–Crippen LogP) is 4.86. The average molecular weight is 332 g/mol. The van der Waals surface area contributed by atoms with Crippen LogP contribution in [-0.2, 0) is 0 Å². The first-order valence-corrected chi connectivity index (χ1v) is 6.60. The summed E-state index contributed by atoms with van der Waals surface area (Å²) in [6.07, 6.45) is 1.41. The van der Waals surface area contributed by atoms with Crippen LogP contribution in [0.4, 0.5) is 20.2 Å².